The molecule has 268 valence electrons. The lowest BCUT2D eigenvalue weighted by Gasteiger charge is -2.27. The topological polar surface area (TPSA) is 8.17 Å². The number of anilines is 3. The highest BCUT2D eigenvalue weighted by Crippen LogP contribution is 2.46. The molecule has 3 heteroatoms. The molecule has 0 spiro atoms. The van der Waals surface area contributed by atoms with E-state index in [1.807, 2.05) is 11.3 Å². The van der Waals surface area contributed by atoms with Crippen molar-refractivity contribution in [1.82, 2.24) is 4.57 Å². The molecule has 0 aliphatic carbocycles. The number of nitrogens with zero attached hydrogens (tertiary/aromatic N) is 2. The normalized spacial score (nSPS) is 11.5. The molecule has 0 amide bonds. The highest BCUT2D eigenvalue weighted by molar-refractivity contribution is 7.26. The van der Waals surface area contributed by atoms with E-state index < -0.39 is 0 Å². The monoisotopic (exact) mass is 744 g/mol. The van der Waals surface area contributed by atoms with Crippen molar-refractivity contribution in [2.45, 2.75) is 0 Å². The molecule has 11 aromatic rings. The number of hydrogen-bond donors (Lipinski definition) is 0. The number of hydrogen-bond acceptors (Lipinski definition) is 2. The van der Waals surface area contributed by atoms with Gasteiger partial charge in [0.2, 0.25) is 0 Å². The Morgan fingerprint density at radius 3 is 1.75 bits per heavy atom. The molecule has 2 nitrogen and oxygen atoms in total. The van der Waals surface area contributed by atoms with Crippen molar-refractivity contribution in [2.75, 3.05) is 4.90 Å². The molecule has 9 aromatic carbocycles. The number of aromatic nitrogens is 1. The van der Waals surface area contributed by atoms with E-state index in [9.17, 15) is 0 Å². The first-order chi connectivity index (χ1) is 28.3. The Hall–Kier alpha value is -7.20. The predicted molar refractivity (Wildman–Crippen MR) is 245 cm³/mol. The van der Waals surface area contributed by atoms with E-state index in [2.05, 4.69) is 228 Å². The van der Waals surface area contributed by atoms with Gasteiger partial charge in [-0.25, -0.2) is 0 Å². The van der Waals surface area contributed by atoms with E-state index in [4.69, 9.17) is 0 Å². The molecule has 2 heterocycles. The zero-order chi connectivity index (χ0) is 37.7. The highest BCUT2D eigenvalue weighted by Gasteiger charge is 2.21. The average molecular weight is 745 g/mol. The van der Waals surface area contributed by atoms with Crippen LogP contribution in [0.2, 0.25) is 0 Å². The summed E-state index contributed by atoms with van der Waals surface area (Å²) in [6.45, 7) is 0. The van der Waals surface area contributed by atoms with Crippen LogP contribution in [0.1, 0.15) is 0 Å². The fraction of sp³-hybridized carbons (Fsp3) is 0. The summed E-state index contributed by atoms with van der Waals surface area (Å²) in [5.41, 5.74) is 14.1. The molecular formula is C54H36N2S. The summed E-state index contributed by atoms with van der Waals surface area (Å²) in [7, 11) is 0. The lowest BCUT2D eigenvalue weighted by molar-refractivity contribution is 1.18. The van der Waals surface area contributed by atoms with Crippen LogP contribution in [0, 0.1) is 0 Å². The number of para-hydroxylation sites is 3. The number of fused-ring (bicyclic) bond motifs is 6. The quantitative estimate of drug-likeness (QED) is 0.158. The van der Waals surface area contributed by atoms with Crippen molar-refractivity contribution in [3.05, 3.63) is 218 Å². The summed E-state index contributed by atoms with van der Waals surface area (Å²) in [5, 5.41) is 5.05. The molecule has 0 unspecified atom stereocenters. The van der Waals surface area contributed by atoms with Crippen molar-refractivity contribution in [1.29, 1.82) is 0 Å². The summed E-state index contributed by atoms with van der Waals surface area (Å²) in [4.78, 5) is 2.45. The van der Waals surface area contributed by atoms with Gasteiger partial charge >= 0.3 is 0 Å². The molecule has 0 atom stereocenters. The summed E-state index contributed by atoms with van der Waals surface area (Å²) >= 11 is 1.86. The summed E-state index contributed by atoms with van der Waals surface area (Å²) < 4.78 is 5.00. The molecule has 0 saturated heterocycles. The second-order valence-electron chi connectivity index (χ2n) is 14.5. The third-order valence-corrected chi connectivity index (χ3v) is 12.3. The third-order valence-electron chi connectivity index (χ3n) is 11.2. The standard InChI is InChI=1S/C54H36N2S/c1-3-16-37(17-4-1)43-22-7-8-23-44(43)38-32-34-41(35-33-38)55(50-29-15-31-52-53(50)48-25-10-12-30-51(48)57-52)42-21-13-18-39(36-42)45-26-14-27-47-46-24-9-11-28-49(46)56(54(45)47)40-19-5-2-6-20-40/h1-36H. The maximum absolute atomic E-state index is 2.45. The van der Waals surface area contributed by atoms with Crippen LogP contribution in [0.4, 0.5) is 17.1 Å². The van der Waals surface area contributed by atoms with Crippen molar-refractivity contribution in [2.24, 2.45) is 0 Å². The number of thiophene rings is 1. The van der Waals surface area contributed by atoms with Crippen LogP contribution in [-0.4, -0.2) is 4.57 Å². The van der Waals surface area contributed by atoms with Gasteiger partial charge in [0.05, 0.1) is 16.7 Å². The first-order valence-electron chi connectivity index (χ1n) is 19.4. The van der Waals surface area contributed by atoms with Crippen LogP contribution in [0.5, 0.6) is 0 Å². The SMILES string of the molecule is c1ccc(-c2ccccc2-c2ccc(N(c3cccc(-c4cccc5c6ccccc6n(-c6ccccc6)c45)c3)c3cccc4sc5ccccc5c34)cc2)cc1. The van der Waals surface area contributed by atoms with Crippen LogP contribution in [0.25, 0.3) is 81.0 Å². The van der Waals surface area contributed by atoms with Crippen LogP contribution < -0.4 is 4.90 Å². The van der Waals surface area contributed by atoms with Gasteiger partial charge in [0.25, 0.3) is 0 Å². The largest absolute Gasteiger partial charge is 0.310 e. The molecule has 0 aliphatic heterocycles. The summed E-state index contributed by atoms with van der Waals surface area (Å²) in [6, 6.07) is 79.3. The minimum absolute atomic E-state index is 1.10. The van der Waals surface area contributed by atoms with E-state index in [1.54, 1.807) is 0 Å². The molecule has 2 aromatic heterocycles. The van der Waals surface area contributed by atoms with E-state index in [0.717, 1.165) is 22.7 Å². The molecular weight excluding hydrogens is 709 g/mol. The lowest BCUT2D eigenvalue weighted by atomic mass is 9.94. The maximum atomic E-state index is 2.45. The smallest absolute Gasteiger partial charge is 0.0619 e. The zero-order valence-corrected chi connectivity index (χ0v) is 31.9. The van der Waals surface area contributed by atoms with E-state index in [1.165, 1.54) is 75.4 Å². The highest BCUT2D eigenvalue weighted by atomic mass is 32.1. The maximum Gasteiger partial charge on any atom is 0.0619 e. The van der Waals surface area contributed by atoms with Crippen molar-refractivity contribution < 1.29 is 0 Å². The van der Waals surface area contributed by atoms with Crippen LogP contribution in [-0.2, 0) is 0 Å². The van der Waals surface area contributed by atoms with Crippen molar-refractivity contribution in [3.63, 3.8) is 0 Å². The summed E-state index contributed by atoms with van der Waals surface area (Å²) in [5.74, 6) is 0. The molecule has 57 heavy (non-hydrogen) atoms. The van der Waals surface area contributed by atoms with Crippen molar-refractivity contribution >= 4 is 70.4 Å². The van der Waals surface area contributed by atoms with Gasteiger partial charge in [0.15, 0.2) is 0 Å². The minimum atomic E-state index is 1.10. The third kappa shape index (κ3) is 5.63. The van der Waals surface area contributed by atoms with Gasteiger partial charge in [-0.3, -0.25) is 0 Å². The van der Waals surface area contributed by atoms with Crippen LogP contribution in [0.3, 0.4) is 0 Å². The lowest BCUT2D eigenvalue weighted by Crippen LogP contribution is -2.10. The molecule has 11 rings (SSSR count). The van der Waals surface area contributed by atoms with Crippen LogP contribution in [0.15, 0.2) is 218 Å². The van der Waals surface area contributed by atoms with Gasteiger partial charge in [0, 0.05) is 53.6 Å². The number of rotatable bonds is 7. The Balaban J connectivity index is 1.12. The Bertz CT molecular complexity index is 3230. The van der Waals surface area contributed by atoms with Gasteiger partial charge in [-0.05, 0) is 88.5 Å². The Morgan fingerprint density at radius 2 is 0.947 bits per heavy atom. The first-order valence-corrected chi connectivity index (χ1v) is 20.3. The molecule has 0 N–H and O–H groups in total. The molecule has 0 bridgehead atoms. The van der Waals surface area contributed by atoms with Gasteiger partial charge in [-0.2, -0.15) is 0 Å². The van der Waals surface area contributed by atoms with Gasteiger partial charge in [0.1, 0.15) is 0 Å². The first kappa shape index (κ1) is 33.2. The second kappa shape index (κ2) is 13.8. The molecule has 0 saturated carbocycles. The fourth-order valence-corrected chi connectivity index (χ4v) is 9.80. The number of benzene rings is 9. The second-order valence-corrected chi connectivity index (χ2v) is 15.6. The van der Waals surface area contributed by atoms with E-state index >= 15 is 0 Å². The van der Waals surface area contributed by atoms with Crippen LogP contribution >= 0.6 is 11.3 Å². The Morgan fingerprint density at radius 1 is 0.368 bits per heavy atom. The van der Waals surface area contributed by atoms with Crippen molar-refractivity contribution in [3.8, 4) is 39.1 Å². The molecule has 0 aliphatic rings. The van der Waals surface area contributed by atoms with Gasteiger partial charge < -0.3 is 9.47 Å². The van der Waals surface area contributed by atoms with E-state index in [0.29, 0.717) is 0 Å². The average Bonchev–Trinajstić information content (AvgIpc) is 3.84. The fourth-order valence-electron chi connectivity index (χ4n) is 8.67. The molecule has 0 fully saturated rings. The van der Waals surface area contributed by atoms with Gasteiger partial charge in [-0.1, -0.05) is 158 Å². The van der Waals surface area contributed by atoms with Gasteiger partial charge in [-0.15, -0.1) is 11.3 Å². The van der Waals surface area contributed by atoms with E-state index in [-0.39, 0.29) is 0 Å². The predicted octanol–water partition coefficient (Wildman–Crippen LogP) is 15.6. The summed E-state index contributed by atoms with van der Waals surface area (Å²) in [6.07, 6.45) is 0. The molecule has 0 radical (unpaired) electrons. The zero-order valence-electron chi connectivity index (χ0n) is 31.1. The Kier molecular flexibility index (Phi) is 8.04. The Labute approximate surface area is 335 Å². The minimum Gasteiger partial charge on any atom is -0.310 e.